The van der Waals surface area contributed by atoms with Crippen LogP contribution in [0, 0.1) is 0 Å². The standard InChI is InChI=1S/C11H13NO3S/c13-10(4-3-8-2-1-7-16-8)12-9-5-6-15-11(9)14/h1-2,7,9H,3-6H2,(H,12,13)/t9-/m0/s1. The normalized spacial score (nSPS) is 19.5. The maximum absolute atomic E-state index is 11.5. The van der Waals surface area contributed by atoms with Crippen molar-refractivity contribution in [1.82, 2.24) is 5.32 Å². The predicted octanol–water partition coefficient (Wildman–Crippen LogP) is 1.11. The summed E-state index contributed by atoms with van der Waals surface area (Å²) in [5, 5.41) is 4.67. The van der Waals surface area contributed by atoms with E-state index >= 15 is 0 Å². The molecule has 0 bridgehead atoms. The number of rotatable bonds is 4. The molecule has 1 fully saturated rings. The van der Waals surface area contributed by atoms with Crippen LogP contribution in [0.2, 0.25) is 0 Å². The van der Waals surface area contributed by atoms with Gasteiger partial charge in [0.05, 0.1) is 6.61 Å². The summed E-state index contributed by atoms with van der Waals surface area (Å²) in [5.41, 5.74) is 0. The first kappa shape index (κ1) is 11.1. The number of hydrogen-bond donors (Lipinski definition) is 1. The lowest BCUT2D eigenvalue weighted by molar-refractivity contribution is -0.141. The van der Waals surface area contributed by atoms with Crippen LogP contribution in [0.5, 0.6) is 0 Å². The predicted molar refractivity (Wildman–Crippen MR) is 60.1 cm³/mol. The Morgan fingerprint density at radius 1 is 1.62 bits per heavy atom. The molecule has 0 saturated carbocycles. The van der Waals surface area contributed by atoms with Gasteiger partial charge in [-0.1, -0.05) is 6.07 Å². The van der Waals surface area contributed by atoms with Crippen molar-refractivity contribution in [3.63, 3.8) is 0 Å². The Labute approximate surface area is 97.6 Å². The Bertz CT molecular complexity index is 375. The Balaban J connectivity index is 1.74. The number of carbonyl (C=O) groups is 2. The van der Waals surface area contributed by atoms with Gasteiger partial charge in [-0.05, 0) is 17.9 Å². The molecule has 0 unspecified atom stereocenters. The third kappa shape index (κ3) is 2.82. The zero-order valence-electron chi connectivity index (χ0n) is 8.77. The number of amides is 1. The number of carbonyl (C=O) groups excluding carboxylic acids is 2. The molecule has 0 radical (unpaired) electrons. The van der Waals surface area contributed by atoms with Crippen molar-refractivity contribution >= 4 is 23.2 Å². The van der Waals surface area contributed by atoms with Gasteiger partial charge in [0.15, 0.2) is 0 Å². The molecule has 1 aromatic rings. The average molecular weight is 239 g/mol. The van der Waals surface area contributed by atoms with E-state index in [-0.39, 0.29) is 11.9 Å². The van der Waals surface area contributed by atoms with Crippen molar-refractivity contribution in [3.8, 4) is 0 Å². The fourth-order valence-electron chi connectivity index (χ4n) is 1.58. The lowest BCUT2D eigenvalue weighted by atomic mass is 10.2. The second-order valence-corrected chi connectivity index (χ2v) is 4.69. The molecule has 1 atom stereocenters. The smallest absolute Gasteiger partial charge is 0.328 e. The van der Waals surface area contributed by atoms with E-state index in [2.05, 4.69) is 5.32 Å². The van der Waals surface area contributed by atoms with E-state index in [4.69, 9.17) is 4.74 Å². The summed E-state index contributed by atoms with van der Waals surface area (Å²) in [6, 6.07) is 3.53. The van der Waals surface area contributed by atoms with Crippen LogP contribution in [-0.4, -0.2) is 24.5 Å². The van der Waals surface area contributed by atoms with Crippen molar-refractivity contribution in [1.29, 1.82) is 0 Å². The lowest BCUT2D eigenvalue weighted by Crippen LogP contribution is -2.37. The van der Waals surface area contributed by atoms with E-state index in [1.807, 2.05) is 17.5 Å². The van der Waals surface area contributed by atoms with Gasteiger partial charge in [0.2, 0.25) is 5.91 Å². The van der Waals surface area contributed by atoms with E-state index in [0.717, 1.165) is 6.42 Å². The Hall–Kier alpha value is -1.36. The molecule has 5 heteroatoms. The zero-order valence-corrected chi connectivity index (χ0v) is 9.59. The van der Waals surface area contributed by atoms with Crippen molar-refractivity contribution < 1.29 is 14.3 Å². The highest BCUT2D eigenvalue weighted by Gasteiger charge is 2.27. The van der Waals surface area contributed by atoms with Gasteiger partial charge in [-0.3, -0.25) is 4.79 Å². The molecular weight excluding hydrogens is 226 g/mol. The van der Waals surface area contributed by atoms with Gasteiger partial charge in [-0.2, -0.15) is 0 Å². The Kier molecular flexibility index (Phi) is 3.56. The summed E-state index contributed by atoms with van der Waals surface area (Å²) in [6.07, 6.45) is 1.74. The van der Waals surface area contributed by atoms with Crippen molar-refractivity contribution in [3.05, 3.63) is 22.4 Å². The lowest BCUT2D eigenvalue weighted by Gasteiger charge is -2.07. The highest BCUT2D eigenvalue weighted by molar-refractivity contribution is 7.09. The summed E-state index contributed by atoms with van der Waals surface area (Å²) in [7, 11) is 0. The molecule has 1 N–H and O–H groups in total. The third-order valence-corrected chi connectivity index (χ3v) is 3.39. The van der Waals surface area contributed by atoms with Crippen LogP contribution < -0.4 is 5.32 Å². The minimum absolute atomic E-state index is 0.0859. The molecule has 2 rings (SSSR count). The highest BCUT2D eigenvalue weighted by Crippen LogP contribution is 2.11. The molecule has 4 nitrogen and oxygen atoms in total. The SMILES string of the molecule is O=C(CCc1cccs1)N[C@H]1CCOC1=O. The van der Waals surface area contributed by atoms with Crippen LogP contribution in [0.3, 0.4) is 0 Å². The second-order valence-electron chi connectivity index (χ2n) is 3.66. The summed E-state index contributed by atoms with van der Waals surface area (Å²) in [6.45, 7) is 0.411. The minimum Gasteiger partial charge on any atom is -0.464 e. The largest absolute Gasteiger partial charge is 0.464 e. The summed E-state index contributed by atoms with van der Waals surface area (Å²) < 4.78 is 4.77. The number of ether oxygens (including phenoxy) is 1. The van der Waals surface area contributed by atoms with Crippen LogP contribution in [0.4, 0.5) is 0 Å². The Morgan fingerprint density at radius 2 is 2.50 bits per heavy atom. The van der Waals surface area contributed by atoms with Crippen LogP contribution in [-0.2, 0) is 20.7 Å². The average Bonchev–Trinajstić information content (AvgIpc) is 2.88. The van der Waals surface area contributed by atoms with Crippen LogP contribution >= 0.6 is 11.3 Å². The van der Waals surface area contributed by atoms with Crippen LogP contribution in [0.1, 0.15) is 17.7 Å². The molecular formula is C11H13NO3S. The van der Waals surface area contributed by atoms with Gasteiger partial charge in [-0.15, -0.1) is 11.3 Å². The maximum Gasteiger partial charge on any atom is 0.328 e. The molecule has 1 saturated heterocycles. The Morgan fingerprint density at radius 3 is 3.12 bits per heavy atom. The second kappa shape index (κ2) is 5.12. The van der Waals surface area contributed by atoms with Gasteiger partial charge in [0.25, 0.3) is 0 Å². The summed E-state index contributed by atoms with van der Waals surface area (Å²) in [4.78, 5) is 23.8. The molecule has 86 valence electrons. The number of aryl methyl sites for hydroxylation is 1. The minimum atomic E-state index is -0.434. The van der Waals surface area contributed by atoms with Gasteiger partial charge in [-0.25, -0.2) is 4.79 Å². The summed E-state index contributed by atoms with van der Waals surface area (Å²) in [5.74, 6) is -0.401. The van der Waals surface area contributed by atoms with Gasteiger partial charge in [0.1, 0.15) is 6.04 Å². The van der Waals surface area contributed by atoms with Crippen molar-refractivity contribution in [2.24, 2.45) is 0 Å². The fraction of sp³-hybridized carbons (Fsp3) is 0.455. The number of esters is 1. The van der Waals surface area contributed by atoms with E-state index in [1.54, 1.807) is 11.3 Å². The van der Waals surface area contributed by atoms with E-state index in [0.29, 0.717) is 19.4 Å². The molecule has 2 heterocycles. The van der Waals surface area contributed by atoms with Crippen molar-refractivity contribution in [2.75, 3.05) is 6.61 Å². The van der Waals surface area contributed by atoms with Gasteiger partial charge in [0, 0.05) is 17.7 Å². The van der Waals surface area contributed by atoms with Crippen molar-refractivity contribution in [2.45, 2.75) is 25.3 Å². The monoisotopic (exact) mass is 239 g/mol. The first-order valence-electron chi connectivity index (χ1n) is 5.24. The number of thiophene rings is 1. The van der Waals surface area contributed by atoms with E-state index in [9.17, 15) is 9.59 Å². The van der Waals surface area contributed by atoms with Gasteiger partial charge >= 0.3 is 5.97 Å². The molecule has 0 spiro atoms. The topological polar surface area (TPSA) is 55.4 Å². The molecule has 1 aromatic heterocycles. The quantitative estimate of drug-likeness (QED) is 0.801. The molecule has 1 aliphatic rings. The third-order valence-electron chi connectivity index (χ3n) is 2.45. The first-order valence-corrected chi connectivity index (χ1v) is 6.12. The first-order chi connectivity index (χ1) is 7.75. The number of hydrogen-bond acceptors (Lipinski definition) is 4. The zero-order chi connectivity index (χ0) is 11.4. The highest BCUT2D eigenvalue weighted by atomic mass is 32.1. The summed E-state index contributed by atoms with van der Waals surface area (Å²) >= 11 is 1.64. The van der Waals surface area contributed by atoms with Crippen LogP contribution in [0.25, 0.3) is 0 Å². The molecule has 0 aliphatic carbocycles. The van der Waals surface area contributed by atoms with Gasteiger partial charge < -0.3 is 10.1 Å². The fourth-order valence-corrected chi connectivity index (χ4v) is 2.29. The molecule has 1 amide bonds. The van der Waals surface area contributed by atoms with Crippen LogP contribution in [0.15, 0.2) is 17.5 Å². The maximum atomic E-state index is 11.5. The molecule has 1 aliphatic heterocycles. The molecule has 16 heavy (non-hydrogen) atoms. The van der Waals surface area contributed by atoms with E-state index < -0.39 is 6.04 Å². The number of nitrogens with one attached hydrogen (secondary N) is 1. The van der Waals surface area contributed by atoms with E-state index in [1.165, 1.54) is 4.88 Å². The molecule has 0 aromatic carbocycles. The number of cyclic esters (lactones) is 1.